The summed E-state index contributed by atoms with van der Waals surface area (Å²) < 4.78 is 0. The summed E-state index contributed by atoms with van der Waals surface area (Å²) in [6, 6.07) is 7.52. The lowest BCUT2D eigenvalue weighted by atomic mass is 9.87. The average Bonchev–Trinajstić information content (AvgIpc) is 2.42. The second-order valence-electron chi connectivity index (χ2n) is 5.98. The molecule has 2 nitrogen and oxygen atoms in total. The molecule has 4 heteroatoms. The van der Waals surface area contributed by atoms with Crippen molar-refractivity contribution in [3.8, 4) is 0 Å². The molecule has 2 rings (SSSR count). The predicted molar refractivity (Wildman–Crippen MR) is 97.1 cm³/mol. The highest BCUT2D eigenvalue weighted by Crippen LogP contribution is 2.33. The number of aryl methyl sites for hydroxylation is 2. The van der Waals surface area contributed by atoms with E-state index in [1.54, 1.807) is 0 Å². The Bertz CT molecular complexity index is 417. The van der Waals surface area contributed by atoms with Gasteiger partial charge in [-0.05, 0) is 30.9 Å². The van der Waals surface area contributed by atoms with Gasteiger partial charge in [0.2, 0.25) is 0 Å². The highest BCUT2D eigenvalue weighted by molar-refractivity contribution is 5.85. The third-order valence-electron chi connectivity index (χ3n) is 4.47. The molecular formula is C17H30Cl2N2. The molecule has 0 bridgehead atoms. The van der Waals surface area contributed by atoms with Gasteiger partial charge in [-0.2, -0.15) is 0 Å². The molecule has 0 radical (unpaired) electrons. The number of rotatable bonds is 4. The zero-order valence-electron chi connectivity index (χ0n) is 13.7. The number of hydrogen-bond donors (Lipinski definition) is 1. The molecular weight excluding hydrogens is 303 g/mol. The molecule has 1 aromatic carbocycles. The maximum absolute atomic E-state index is 3.46. The molecule has 1 fully saturated rings. The molecule has 1 heterocycles. The van der Waals surface area contributed by atoms with Gasteiger partial charge in [-0.1, -0.05) is 44.0 Å². The summed E-state index contributed by atoms with van der Waals surface area (Å²) in [7, 11) is 0. The lowest BCUT2D eigenvalue weighted by Gasteiger charge is -2.39. The third kappa shape index (κ3) is 5.14. The van der Waals surface area contributed by atoms with Crippen LogP contribution in [0.3, 0.4) is 0 Å². The second kappa shape index (κ2) is 9.68. The van der Waals surface area contributed by atoms with E-state index in [1.165, 1.54) is 36.2 Å². The Balaban J connectivity index is 0.00000200. The van der Waals surface area contributed by atoms with Crippen LogP contribution in [0.4, 0.5) is 0 Å². The lowest BCUT2D eigenvalue weighted by Crippen LogP contribution is -2.46. The van der Waals surface area contributed by atoms with Crippen LogP contribution in [0.25, 0.3) is 0 Å². The Labute approximate surface area is 142 Å². The highest BCUT2D eigenvalue weighted by Gasteiger charge is 2.27. The molecule has 0 spiro atoms. The highest BCUT2D eigenvalue weighted by atomic mass is 35.5. The third-order valence-corrected chi connectivity index (χ3v) is 4.47. The molecule has 21 heavy (non-hydrogen) atoms. The Morgan fingerprint density at radius 1 is 1.14 bits per heavy atom. The molecule has 1 saturated heterocycles. The summed E-state index contributed by atoms with van der Waals surface area (Å²) in [5, 5.41) is 3.46. The van der Waals surface area contributed by atoms with Crippen LogP contribution in [-0.4, -0.2) is 31.1 Å². The Hall–Kier alpha value is -0.280. The Morgan fingerprint density at radius 3 is 2.29 bits per heavy atom. The predicted octanol–water partition coefficient (Wildman–Crippen LogP) is 4.14. The first kappa shape index (κ1) is 20.7. The van der Waals surface area contributed by atoms with E-state index in [9.17, 15) is 0 Å². The molecule has 1 N–H and O–H groups in total. The normalized spacial score (nSPS) is 18.3. The maximum Gasteiger partial charge on any atom is 0.0377 e. The Morgan fingerprint density at radius 2 is 1.76 bits per heavy atom. The number of halogens is 2. The van der Waals surface area contributed by atoms with Crippen molar-refractivity contribution in [2.24, 2.45) is 5.92 Å². The van der Waals surface area contributed by atoms with E-state index in [0.717, 1.165) is 13.1 Å². The van der Waals surface area contributed by atoms with E-state index < -0.39 is 0 Å². The minimum absolute atomic E-state index is 0. The van der Waals surface area contributed by atoms with Gasteiger partial charge in [0.1, 0.15) is 0 Å². The van der Waals surface area contributed by atoms with Crippen molar-refractivity contribution in [2.75, 3.05) is 26.2 Å². The van der Waals surface area contributed by atoms with Gasteiger partial charge < -0.3 is 5.32 Å². The van der Waals surface area contributed by atoms with E-state index >= 15 is 0 Å². The van der Waals surface area contributed by atoms with E-state index in [0.29, 0.717) is 12.0 Å². The summed E-state index contributed by atoms with van der Waals surface area (Å²) in [5.41, 5.74) is 4.34. The molecule has 1 aromatic rings. The molecule has 2 atom stereocenters. The van der Waals surface area contributed by atoms with E-state index in [1.807, 2.05) is 0 Å². The molecule has 0 saturated carbocycles. The van der Waals surface area contributed by atoms with Crippen molar-refractivity contribution in [3.05, 3.63) is 34.9 Å². The molecule has 1 aliphatic heterocycles. The fraction of sp³-hybridized carbons (Fsp3) is 0.647. The van der Waals surface area contributed by atoms with Crippen molar-refractivity contribution in [1.82, 2.24) is 10.2 Å². The van der Waals surface area contributed by atoms with Gasteiger partial charge in [0.25, 0.3) is 0 Å². The molecule has 0 aliphatic carbocycles. The number of piperazine rings is 1. The SMILES string of the molecule is CCC(C)[C@@H](c1ccc(C)cc1C)N1CCNCC1.Cl.Cl. The van der Waals surface area contributed by atoms with Gasteiger partial charge >= 0.3 is 0 Å². The second-order valence-corrected chi connectivity index (χ2v) is 5.98. The monoisotopic (exact) mass is 332 g/mol. The summed E-state index contributed by atoms with van der Waals surface area (Å²) in [4.78, 5) is 2.67. The van der Waals surface area contributed by atoms with Crippen LogP contribution in [0.5, 0.6) is 0 Å². The van der Waals surface area contributed by atoms with Gasteiger partial charge in [-0.3, -0.25) is 4.90 Å². The van der Waals surface area contributed by atoms with Crippen LogP contribution in [-0.2, 0) is 0 Å². The number of nitrogens with one attached hydrogen (secondary N) is 1. The first-order valence-electron chi connectivity index (χ1n) is 7.65. The fourth-order valence-electron chi connectivity index (χ4n) is 3.20. The zero-order valence-corrected chi connectivity index (χ0v) is 15.3. The van der Waals surface area contributed by atoms with Gasteiger partial charge in [0, 0.05) is 32.2 Å². The van der Waals surface area contributed by atoms with Crippen molar-refractivity contribution in [2.45, 2.75) is 40.2 Å². The zero-order chi connectivity index (χ0) is 13.8. The summed E-state index contributed by atoms with van der Waals surface area (Å²) >= 11 is 0. The number of hydrogen-bond acceptors (Lipinski definition) is 2. The van der Waals surface area contributed by atoms with Gasteiger partial charge in [0.15, 0.2) is 0 Å². The first-order valence-corrected chi connectivity index (χ1v) is 7.65. The van der Waals surface area contributed by atoms with Crippen molar-refractivity contribution < 1.29 is 0 Å². The molecule has 122 valence electrons. The van der Waals surface area contributed by atoms with Gasteiger partial charge in [-0.15, -0.1) is 24.8 Å². The molecule has 0 aromatic heterocycles. The van der Waals surface area contributed by atoms with Gasteiger partial charge in [-0.25, -0.2) is 0 Å². The van der Waals surface area contributed by atoms with Crippen LogP contribution in [0, 0.1) is 19.8 Å². The van der Waals surface area contributed by atoms with Crippen molar-refractivity contribution in [3.63, 3.8) is 0 Å². The van der Waals surface area contributed by atoms with E-state index in [2.05, 4.69) is 56.1 Å². The minimum Gasteiger partial charge on any atom is -0.314 e. The topological polar surface area (TPSA) is 15.3 Å². The van der Waals surface area contributed by atoms with Crippen molar-refractivity contribution >= 4 is 24.8 Å². The van der Waals surface area contributed by atoms with Crippen LogP contribution >= 0.6 is 24.8 Å². The summed E-state index contributed by atoms with van der Waals surface area (Å²) in [6.45, 7) is 13.7. The molecule has 0 amide bonds. The number of nitrogens with zero attached hydrogens (tertiary/aromatic N) is 1. The summed E-state index contributed by atoms with van der Waals surface area (Å²) in [5.74, 6) is 0.708. The largest absolute Gasteiger partial charge is 0.314 e. The van der Waals surface area contributed by atoms with Crippen molar-refractivity contribution in [1.29, 1.82) is 0 Å². The van der Waals surface area contributed by atoms with E-state index in [4.69, 9.17) is 0 Å². The van der Waals surface area contributed by atoms with Crippen LogP contribution in [0.2, 0.25) is 0 Å². The molecule has 1 unspecified atom stereocenters. The smallest absolute Gasteiger partial charge is 0.0377 e. The first-order chi connectivity index (χ1) is 9.13. The number of benzene rings is 1. The van der Waals surface area contributed by atoms with Gasteiger partial charge in [0.05, 0.1) is 0 Å². The maximum atomic E-state index is 3.46. The minimum atomic E-state index is 0. The van der Waals surface area contributed by atoms with E-state index in [-0.39, 0.29) is 24.8 Å². The Kier molecular flexibility index (Phi) is 9.55. The van der Waals surface area contributed by atoms with Crippen LogP contribution in [0.1, 0.15) is 43.0 Å². The van der Waals surface area contributed by atoms with Crippen LogP contribution in [0.15, 0.2) is 18.2 Å². The van der Waals surface area contributed by atoms with Crippen LogP contribution < -0.4 is 5.32 Å². The fourth-order valence-corrected chi connectivity index (χ4v) is 3.20. The standard InChI is InChI=1S/C17H28N2.2ClH/c1-5-14(3)17(19-10-8-18-9-11-19)16-7-6-13(2)12-15(16)4;;/h6-7,12,14,17-18H,5,8-11H2,1-4H3;2*1H/t14?,17-;;/m0../s1. The average molecular weight is 333 g/mol. The quantitative estimate of drug-likeness (QED) is 0.891. The summed E-state index contributed by atoms with van der Waals surface area (Å²) in [6.07, 6.45) is 1.24. The molecule has 1 aliphatic rings. The lowest BCUT2D eigenvalue weighted by molar-refractivity contribution is 0.128.